The van der Waals surface area contributed by atoms with Gasteiger partial charge in [-0.05, 0) is 6.92 Å². The zero-order valence-corrected chi connectivity index (χ0v) is 9.10. The first-order chi connectivity index (χ1) is 7.59. The van der Waals surface area contributed by atoms with E-state index in [1.807, 2.05) is 6.92 Å². The number of rotatable bonds is 3. The molecule has 86 valence electrons. The lowest BCUT2D eigenvalue weighted by molar-refractivity contribution is -0.137. The first-order valence-corrected chi connectivity index (χ1v) is 5.01. The highest BCUT2D eigenvalue weighted by molar-refractivity contribution is 6.05. The number of hydrogen-bond donors (Lipinski definition) is 2. The van der Waals surface area contributed by atoms with E-state index in [1.165, 1.54) is 13.4 Å². The number of carbonyl (C=O) groups excluding carboxylic acids is 2. The van der Waals surface area contributed by atoms with Crippen LogP contribution in [0, 0.1) is 0 Å². The number of aromatic amines is 1. The molecule has 2 N–H and O–H groups in total. The number of carbonyl (C=O) groups is 2. The van der Waals surface area contributed by atoms with Crippen molar-refractivity contribution in [2.75, 3.05) is 7.05 Å². The molecule has 16 heavy (non-hydrogen) atoms. The Balaban J connectivity index is 2.01. The van der Waals surface area contributed by atoms with Gasteiger partial charge in [0.05, 0.1) is 18.5 Å². The lowest BCUT2D eigenvalue weighted by atomic mass is 10.2. The van der Waals surface area contributed by atoms with Gasteiger partial charge in [-0.3, -0.25) is 24.9 Å². The Hall–Kier alpha value is -1.76. The number of nitrogens with one attached hydrogen (secondary N) is 2. The highest BCUT2D eigenvalue weighted by Gasteiger charge is 2.36. The topological polar surface area (TPSA) is 91.0 Å². The maximum atomic E-state index is 11.6. The molecule has 0 saturated carbocycles. The van der Waals surface area contributed by atoms with E-state index in [9.17, 15) is 9.59 Å². The fraction of sp³-hybridized carbons (Fsp3) is 0.556. The van der Waals surface area contributed by atoms with Gasteiger partial charge in [0.2, 0.25) is 11.8 Å². The Morgan fingerprint density at radius 1 is 1.62 bits per heavy atom. The maximum absolute atomic E-state index is 11.6. The number of H-pyrrole nitrogens is 1. The van der Waals surface area contributed by atoms with E-state index in [1.54, 1.807) is 0 Å². The van der Waals surface area contributed by atoms with Crippen LogP contribution < -0.4 is 5.32 Å². The Morgan fingerprint density at radius 2 is 2.38 bits per heavy atom. The smallest absolute Gasteiger partial charge is 0.246 e. The van der Waals surface area contributed by atoms with Crippen molar-refractivity contribution in [1.82, 2.24) is 25.4 Å². The van der Waals surface area contributed by atoms with Gasteiger partial charge in [-0.1, -0.05) is 0 Å². The Bertz CT molecular complexity index is 402. The van der Waals surface area contributed by atoms with Crippen LogP contribution in [0.15, 0.2) is 6.33 Å². The molecule has 1 fully saturated rings. The monoisotopic (exact) mass is 223 g/mol. The number of likely N-dealkylation sites (tertiary alicyclic amines) is 1. The van der Waals surface area contributed by atoms with Crippen LogP contribution in [0.3, 0.4) is 0 Å². The van der Waals surface area contributed by atoms with Crippen LogP contribution in [0.4, 0.5) is 0 Å². The number of amides is 2. The molecule has 7 nitrogen and oxygen atoms in total. The first-order valence-electron chi connectivity index (χ1n) is 5.01. The van der Waals surface area contributed by atoms with Gasteiger partial charge in [0, 0.05) is 7.05 Å². The van der Waals surface area contributed by atoms with Crippen molar-refractivity contribution in [1.29, 1.82) is 0 Å². The molecule has 7 heteroatoms. The summed E-state index contributed by atoms with van der Waals surface area (Å²) in [5, 5.41) is 9.49. The summed E-state index contributed by atoms with van der Waals surface area (Å²) in [7, 11) is 1.49. The van der Waals surface area contributed by atoms with Crippen molar-refractivity contribution in [3.05, 3.63) is 12.2 Å². The molecule has 2 heterocycles. The van der Waals surface area contributed by atoms with Crippen LogP contribution in [0.1, 0.15) is 25.2 Å². The standard InChI is InChI=1S/C9H13N5O2/c1-5(8-10-4-11-13-8)12-6-3-7(15)14(2)9(6)16/h4-6,12H,3H2,1-2H3,(H,10,11,13). The number of aromatic nitrogens is 3. The van der Waals surface area contributed by atoms with Crippen molar-refractivity contribution in [3.63, 3.8) is 0 Å². The minimum Gasteiger partial charge on any atom is -0.296 e. The van der Waals surface area contributed by atoms with Crippen LogP contribution in [0.25, 0.3) is 0 Å². The van der Waals surface area contributed by atoms with Crippen molar-refractivity contribution >= 4 is 11.8 Å². The third-order valence-electron chi connectivity index (χ3n) is 2.68. The SMILES string of the molecule is CC(NC1CC(=O)N(C)C1=O)c1ncn[nH]1. The molecule has 2 amide bonds. The average Bonchev–Trinajstić information content (AvgIpc) is 2.85. The second kappa shape index (κ2) is 4.01. The molecule has 1 aromatic rings. The van der Waals surface area contributed by atoms with Gasteiger partial charge in [0.25, 0.3) is 0 Å². The fourth-order valence-corrected chi connectivity index (χ4v) is 1.69. The van der Waals surface area contributed by atoms with Crippen LogP contribution in [0.2, 0.25) is 0 Å². The molecular weight excluding hydrogens is 210 g/mol. The summed E-state index contributed by atoms with van der Waals surface area (Å²) in [4.78, 5) is 28.0. The normalized spacial score (nSPS) is 22.9. The predicted octanol–water partition coefficient (Wildman–Crippen LogP) is -0.787. The summed E-state index contributed by atoms with van der Waals surface area (Å²) in [6.45, 7) is 1.86. The molecule has 1 aliphatic rings. The molecule has 1 saturated heterocycles. The summed E-state index contributed by atoms with van der Waals surface area (Å²) < 4.78 is 0. The molecule has 0 bridgehead atoms. The van der Waals surface area contributed by atoms with Crippen molar-refractivity contribution < 1.29 is 9.59 Å². The number of imide groups is 1. The summed E-state index contributed by atoms with van der Waals surface area (Å²) in [5.41, 5.74) is 0. The Kier molecular flexibility index (Phi) is 2.69. The second-order valence-electron chi connectivity index (χ2n) is 3.81. The van der Waals surface area contributed by atoms with Gasteiger partial charge in [-0.25, -0.2) is 4.98 Å². The third kappa shape index (κ3) is 1.81. The number of hydrogen-bond acceptors (Lipinski definition) is 5. The summed E-state index contributed by atoms with van der Waals surface area (Å²) >= 11 is 0. The molecule has 0 aliphatic carbocycles. The van der Waals surface area contributed by atoms with E-state index in [-0.39, 0.29) is 24.3 Å². The van der Waals surface area contributed by atoms with E-state index in [2.05, 4.69) is 20.5 Å². The maximum Gasteiger partial charge on any atom is 0.246 e. The second-order valence-corrected chi connectivity index (χ2v) is 3.81. The van der Waals surface area contributed by atoms with Gasteiger partial charge >= 0.3 is 0 Å². The summed E-state index contributed by atoms with van der Waals surface area (Å²) in [6, 6.07) is -0.603. The summed E-state index contributed by atoms with van der Waals surface area (Å²) in [6.07, 6.45) is 1.61. The van der Waals surface area contributed by atoms with E-state index < -0.39 is 6.04 Å². The Morgan fingerprint density at radius 3 is 2.88 bits per heavy atom. The van der Waals surface area contributed by atoms with Gasteiger partial charge < -0.3 is 0 Å². The lowest BCUT2D eigenvalue weighted by Gasteiger charge is -2.15. The van der Waals surface area contributed by atoms with E-state index in [0.717, 1.165) is 4.90 Å². The van der Waals surface area contributed by atoms with Gasteiger partial charge in [0.15, 0.2) is 0 Å². The van der Waals surface area contributed by atoms with E-state index in [0.29, 0.717) is 5.82 Å². The van der Waals surface area contributed by atoms with Crippen LogP contribution in [-0.4, -0.2) is 45.0 Å². The van der Waals surface area contributed by atoms with E-state index >= 15 is 0 Å². The summed E-state index contributed by atoms with van der Waals surface area (Å²) in [5.74, 6) is 0.290. The minimum atomic E-state index is -0.461. The quantitative estimate of drug-likeness (QED) is 0.655. The number of nitrogens with zero attached hydrogens (tertiary/aromatic N) is 3. The molecular formula is C9H13N5O2. The lowest BCUT2D eigenvalue weighted by Crippen LogP contribution is -2.38. The van der Waals surface area contributed by atoms with Crippen molar-refractivity contribution in [3.8, 4) is 0 Å². The fourth-order valence-electron chi connectivity index (χ4n) is 1.69. The third-order valence-corrected chi connectivity index (χ3v) is 2.68. The molecule has 2 rings (SSSR count). The van der Waals surface area contributed by atoms with Crippen molar-refractivity contribution in [2.24, 2.45) is 0 Å². The van der Waals surface area contributed by atoms with Gasteiger partial charge in [-0.2, -0.15) is 5.10 Å². The van der Waals surface area contributed by atoms with E-state index in [4.69, 9.17) is 0 Å². The molecule has 2 unspecified atom stereocenters. The largest absolute Gasteiger partial charge is 0.296 e. The minimum absolute atomic E-state index is 0.143. The molecule has 0 aromatic carbocycles. The average molecular weight is 223 g/mol. The highest BCUT2D eigenvalue weighted by Crippen LogP contribution is 2.14. The van der Waals surface area contributed by atoms with Crippen molar-refractivity contribution in [2.45, 2.75) is 25.4 Å². The molecule has 1 aromatic heterocycles. The molecule has 0 radical (unpaired) electrons. The predicted molar refractivity (Wildman–Crippen MR) is 54.1 cm³/mol. The molecule has 1 aliphatic heterocycles. The highest BCUT2D eigenvalue weighted by atomic mass is 16.2. The number of likely N-dealkylation sites (N-methyl/N-ethyl adjacent to an activating group) is 1. The van der Waals surface area contributed by atoms with Crippen LogP contribution in [-0.2, 0) is 9.59 Å². The zero-order chi connectivity index (χ0) is 11.7. The van der Waals surface area contributed by atoms with Gasteiger partial charge in [-0.15, -0.1) is 0 Å². The molecule has 0 spiro atoms. The van der Waals surface area contributed by atoms with Gasteiger partial charge in [0.1, 0.15) is 12.2 Å². The van der Waals surface area contributed by atoms with Crippen LogP contribution in [0.5, 0.6) is 0 Å². The zero-order valence-electron chi connectivity index (χ0n) is 9.10. The van der Waals surface area contributed by atoms with Crippen LogP contribution >= 0.6 is 0 Å². The Labute approximate surface area is 92.2 Å². The molecule has 2 atom stereocenters. The first kappa shape index (κ1) is 10.7.